The van der Waals surface area contributed by atoms with E-state index in [4.69, 9.17) is 0 Å². The first-order valence-corrected chi connectivity index (χ1v) is 18.3. The van der Waals surface area contributed by atoms with Gasteiger partial charge in [0.2, 0.25) is 0 Å². The molecule has 0 spiro atoms. The minimum atomic E-state index is -2.62. The lowest BCUT2D eigenvalue weighted by Crippen LogP contribution is -2.74. The van der Waals surface area contributed by atoms with Crippen LogP contribution in [0.2, 0.25) is 0 Å². The van der Waals surface area contributed by atoms with Gasteiger partial charge in [0.25, 0.3) is 0 Å². The second kappa shape index (κ2) is 10.4. The van der Waals surface area contributed by atoms with Crippen molar-refractivity contribution < 1.29 is 0 Å². The van der Waals surface area contributed by atoms with Gasteiger partial charge in [-0.2, -0.15) is 0 Å². The molecule has 0 unspecified atom stereocenters. The summed E-state index contributed by atoms with van der Waals surface area (Å²) in [6.07, 6.45) is 0. The van der Waals surface area contributed by atoms with Crippen LogP contribution in [0.4, 0.5) is 0 Å². The van der Waals surface area contributed by atoms with Gasteiger partial charge in [-0.1, -0.05) is 140 Å². The third-order valence-electron chi connectivity index (χ3n) is 9.34. The topological polar surface area (TPSA) is 4.93 Å². The number of thiophene rings is 1. The van der Waals surface area contributed by atoms with Gasteiger partial charge in [-0.15, -0.1) is 11.3 Å². The Hall–Kier alpha value is -5.22. The van der Waals surface area contributed by atoms with Crippen molar-refractivity contribution in [3.8, 4) is 5.69 Å². The fourth-order valence-electron chi connectivity index (χ4n) is 7.40. The Bertz CT molecular complexity index is 2330. The monoisotopic (exact) mass is 607 g/mol. The maximum absolute atomic E-state index is 2.62. The summed E-state index contributed by atoms with van der Waals surface area (Å²) >= 11 is 1.89. The van der Waals surface area contributed by atoms with E-state index in [1.54, 1.807) is 0 Å². The number of hydrogen-bond donors (Lipinski definition) is 0. The summed E-state index contributed by atoms with van der Waals surface area (Å²) in [7, 11) is -2.62. The average molecular weight is 608 g/mol. The number of rotatable bonds is 5. The first kappa shape index (κ1) is 26.2. The summed E-state index contributed by atoms with van der Waals surface area (Å²) in [5.74, 6) is 0. The smallest absolute Gasteiger partial charge is 0.179 e. The standard InChI is InChI=1S/C42H29NSSi/c1-4-14-31(15-5-1)45(32-16-6-2-7-17-32,33-18-8-3-9-19-33)34-25-27-42-38(29-34)37-28-30(24-26-41(37)44-42)43-39-22-12-10-20-35(39)36-21-11-13-23-40(36)43/h1-29H. The molecular weight excluding hydrogens is 579 g/mol. The highest BCUT2D eigenvalue weighted by Crippen LogP contribution is 2.37. The summed E-state index contributed by atoms with van der Waals surface area (Å²) in [5.41, 5.74) is 3.67. The van der Waals surface area contributed by atoms with Crippen molar-refractivity contribution >= 4 is 82.1 Å². The second-order valence-corrected chi connectivity index (χ2v) is 16.6. The highest BCUT2D eigenvalue weighted by Gasteiger charge is 2.41. The molecule has 0 saturated carbocycles. The van der Waals surface area contributed by atoms with E-state index < -0.39 is 8.07 Å². The zero-order valence-electron chi connectivity index (χ0n) is 24.6. The Morgan fingerprint density at radius 2 is 0.800 bits per heavy atom. The molecule has 0 atom stereocenters. The third-order valence-corrected chi connectivity index (χ3v) is 15.3. The van der Waals surface area contributed by atoms with Gasteiger partial charge in [-0.3, -0.25) is 0 Å². The predicted octanol–water partition coefficient (Wildman–Crippen LogP) is 8.53. The van der Waals surface area contributed by atoms with Gasteiger partial charge in [-0.25, -0.2) is 0 Å². The van der Waals surface area contributed by atoms with E-state index in [1.165, 1.54) is 68.4 Å². The maximum atomic E-state index is 2.52. The van der Waals surface area contributed by atoms with E-state index in [9.17, 15) is 0 Å². The van der Waals surface area contributed by atoms with Crippen LogP contribution in [0.3, 0.4) is 0 Å². The Morgan fingerprint density at radius 1 is 0.356 bits per heavy atom. The van der Waals surface area contributed by atoms with Crippen molar-refractivity contribution in [1.82, 2.24) is 4.57 Å². The minimum absolute atomic E-state index is 1.20. The van der Waals surface area contributed by atoms with Gasteiger partial charge in [0.15, 0.2) is 8.07 Å². The van der Waals surface area contributed by atoms with Crippen LogP contribution in [0.25, 0.3) is 47.7 Å². The molecule has 0 N–H and O–H groups in total. The van der Waals surface area contributed by atoms with Crippen LogP contribution < -0.4 is 20.7 Å². The zero-order valence-corrected chi connectivity index (χ0v) is 26.4. The third kappa shape index (κ3) is 3.98. The number of benzene rings is 7. The molecule has 9 rings (SSSR count). The molecule has 2 heterocycles. The molecule has 0 bridgehead atoms. The summed E-state index contributed by atoms with van der Waals surface area (Å²) in [5, 5.41) is 10.8. The molecule has 0 amide bonds. The molecule has 1 nitrogen and oxygen atoms in total. The van der Waals surface area contributed by atoms with Crippen LogP contribution in [0.1, 0.15) is 0 Å². The Labute approximate surface area is 267 Å². The zero-order chi connectivity index (χ0) is 29.8. The van der Waals surface area contributed by atoms with Gasteiger partial charge in [0.05, 0.1) is 11.0 Å². The van der Waals surface area contributed by atoms with Crippen molar-refractivity contribution in [2.75, 3.05) is 0 Å². The van der Waals surface area contributed by atoms with E-state index in [0.717, 1.165) is 0 Å². The van der Waals surface area contributed by atoms with E-state index in [0.29, 0.717) is 0 Å². The normalized spacial score (nSPS) is 12.0. The molecule has 0 aliphatic heterocycles. The number of aromatic nitrogens is 1. The van der Waals surface area contributed by atoms with E-state index in [1.807, 2.05) is 11.3 Å². The Kier molecular flexibility index (Phi) is 6.08. The lowest BCUT2D eigenvalue weighted by molar-refractivity contribution is 1.19. The van der Waals surface area contributed by atoms with Crippen molar-refractivity contribution in [3.63, 3.8) is 0 Å². The lowest BCUT2D eigenvalue weighted by Gasteiger charge is -2.34. The molecule has 0 fully saturated rings. The van der Waals surface area contributed by atoms with E-state index >= 15 is 0 Å². The largest absolute Gasteiger partial charge is 0.309 e. The highest BCUT2D eigenvalue weighted by molar-refractivity contribution is 7.26. The highest BCUT2D eigenvalue weighted by atomic mass is 32.1. The molecule has 45 heavy (non-hydrogen) atoms. The van der Waals surface area contributed by atoms with E-state index in [-0.39, 0.29) is 0 Å². The number of hydrogen-bond acceptors (Lipinski definition) is 1. The summed E-state index contributed by atoms with van der Waals surface area (Å²) in [4.78, 5) is 0. The molecule has 9 aromatic rings. The number of nitrogens with zero attached hydrogens (tertiary/aromatic N) is 1. The first-order valence-electron chi connectivity index (χ1n) is 15.4. The number of fused-ring (bicyclic) bond motifs is 6. The molecule has 0 aliphatic carbocycles. The van der Waals surface area contributed by atoms with Crippen LogP contribution in [0.5, 0.6) is 0 Å². The minimum Gasteiger partial charge on any atom is -0.309 e. The quantitative estimate of drug-likeness (QED) is 0.137. The maximum Gasteiger partial charge on any atom is 0.179 e. The Morgan fingerprint density at radius 3 is 1.33 bits per heavy atom. The van der Waals surface area contributed by atoms with Crippen LogP contribution in [0, 0.1) is 0 Å². The molecule has 212 valence electrons. The predicted molar refractivity (Wildman–Crippen MR) is 197 cm³/mol. The molecule has 3 heteroatoms. The van der Waals surface area contributed by atoms with Gasteiger partial charge in [0.1, 0.15) is 0 Å². The molecule has 7 aromatic carbocycles. The van der Waals surface area contributed by atoms with Crippen LogP contribution in [0.15, 0.2) is 176 Å². The summed E-state index contributed by atoms with van der Waals surface area (Å²) in [6.45, 7) is 0. The van der Waals surface area contributed by atoms with Crippen molar-refractivity contribution in [3.05, 3.63) is 176 Å². The lowest BCUT2D eigenvalue weighted by atomic mass is 10.1. The molecule has 0 saturated heterocycles. The number of para-hydroxylation sites is 2. The first-order chi connectivity index (χ1) is 22.3. The fraction of sp³-hybridized carbons (Fsp3) is 0. The van der Waals surface area contributed by atoms with Crippen molar-refractivity contribution in [2.45, 2.75) is 0 Å². The SMILES string of the molecule is c1ccc([Si](c2ccccc2)(c2ccccc2)c2ccc3sc4ccc(-n5c6ccccc6c6ccccc65)cc4c3c2)cc1. The Balaban J connectivity index is 1.34. The van der Waals surface area contributed by atoms with Crippen molar-refractivity contribution in [2.24, 2.45) is 0 Å². The van der Waals surface area contributed by atoms with Crippen LogP contribution in [-0.2, 0) is 0 Å². The molecule has 0 aliphatic rings. The molecule has 0 radical (unpaired) electrons. The van der Waals surface area contributed by atoms with Gasteiger partial charge in [-0.05, 0) is 57.1 Å². The summed E-state index contributed by atoms with van der Waals surface area (Å²) in [6, 6.07) is 65.4. The van der Waals surface area contributed by atoms with Crippen LogP contribution in [-0.4, -0.2) is 12.6 Å². The fourth-order valence-corrected chi connectivity index (χ4v) is 13.2. The summed E-state index contributed by atoms with van der Waals surface area (Å²) < 4.78 is 5.07. The second-order valence-electron chi connectivity index (χ2n) is 11.7. The molecule has 2 aromatic heterocycles. The van der Waals surface area contributed by atoms with Crippen LogP contribution >= 0.6 is 11.3 Å². The average Bonchev–Trinajstić information content (AvgIpc) is 3.65. The van der Waals surface area contributed by atoms with E-state index in [2.05, 4.69) is 180 Å². The van der Waals surface area contributed by atoms with Gasteiger partial charge in [0, 0.05) is 36.6 Å². The van der Waals surface area contributed by atoms with Gasteiger partial charge < -0.3 is 4.57 Å². The van der Waals surface area contributed by atoms with Gasteiger partial charge >= 0.3 is 0 Å². The molecular formula is C42H29NSSi. The van der Waals surface area contributed by atoms with Crippen molar-refractivity contribution in [1.29, 1.82) is 0 Å².